The zero-order valence-electron chi connectivity index (χ0n) is 10.5. The topological polar surface area (TPSA) is 0 Å². The molecule has 2 aromatic rings. The van der Waals surface area contributed by atoms with E-state index in [1.807, 2.05) is 0 Å². The maximum Gasteiger partial charge on any atom is 0.0211 e. The third-order valence-corrected chi connectivity index (χ3v) is 4.67. The first-order chi connectivity index (χ1) is 8.24. The number of rotatable bonds is 4. The third-order valence-electron chi connectivity index (χ3n) is 3.42. The molecule has 2 aromatic carbocycles. The molecule has 1 heteroatoms. The minimum atomic E-state index is 0.557. The molecule has 0 aliphatic carbocycles. The molecule has 2 unspecified atom stereocenters. The summed E-state index contributed by atoms with van der Waals surface area (Å²) >= 11 is 3.83. The van der Waals surface area contributed by atoms with Crippen LogP contribution in [0.1, 0.15) is 38.2 Å². The van der Waals surface area contributed by atoms with Crippen molar-refractivity contribution in [3.05, 3.63) is 48.0 Å². The molecule has 2 atom stereocenters. The lowest BCUT2D eigenvalue weighted by atomic mass is 9.91. The lowest BCUT2D eigenvalue weighted by Crippen LogP contribution is -2.09. The van der Waals surface area contributed by atoms with Gasteiger partial charge in [0, 0.05) is 4.83 Å². The van der Waals surface area contributed by atoms with E-state index in [0.717, 1.165) is 0 Å². The van der Waals surface area contributed by atoms with Crippen LogP contribution in [0.5, 0.6) is 0 Å². The molecule has 0 aromatic heterocycles. The molecule has 0 saturated carbocycles. The average Bonchev–Trinajstić information content (AvgIpc) is 2.37. The summed E-state index contributed by atoms with van der Waals surface area (Å²) < 4.78 is 0. The highest BCUT2D eigenvalue weighted by molar-refractivity contribution is 9.09. The molecule has 0 N–H and O–H groups in total. The first-order valence-corrected chi connectivity index (χ1v) is 7.27. The van der Waals surface area contributed by atoms with Crippen molar-refractivity contribution in [2.45, 2.75) is 37.4 Å². The Morgan fingerprint density at radius 2 is 1.76 bits per heavy atom. The molecule has 0 amide bonds. The van der Waals surface area contributed by atoms with E-state index in [-0.39, 0.29) is 0 Å². The van der Waals surface area contributed by atoms with Gasteiger partial charge in [-0.05, 0) is 28.7 Å². The van der Waals surface area contributed by atoms with Crippen molar-refractivity contribution in [3.63, 3.8) is 0 Å². The molecular weight excluding hydrogens is 272 g/mol. The fraction of sp³-hybridized carbons (Fsp3) is 0.375. The summed E-state index contributed by atoms with van der Waals surface area (Å²) in [5, 5.41) is 2.73. The van der Waals surface area contributed by atoms with Crippen LogP contribution >= 0.6 is 15.9 Å². The summed E-state index contributed by atoms with van der Waals surface area (Å²) in [7, 11) is 0. The van der Waals surface area contributed by atoms with Gasteiger partial charge in [-0.2, -0.15) is 0 Å². The van der Waals surface area contributed by atoms with Gasteiger partial charge < -0.3 is 0 Å². The normalized spacial score (nSPS) is 14.8. The Bertz CT molecular complexity index is 484. The van der Waals surface area contributed by atoms with E-state index in [1.54, 1.807) is 0 Å². The van der Waals surface area contributed by atoms with Gasteiger partial charge in [-0.1, -0.05) is 78.7 Å². The van der Waals surface area contributed by atoms with E-state index in [1.165, 1.54) is 29.2 Å². The van der Waals surface area contributed by atoms with E-state index in [0.29, 0.717) is 10.7 Å². The third kappa shape index (κ3) is 2.71. The van der Waals surface area contributed by atoms with E-state index >= 15 is 0 Å². The summed E-state index contributed by atoms with van der Waals surface area (Å²) in [6, 6.07) is 15.3. The van der Waals surface area contributed by atoms with E-state index in [9.17, 15) is 0 Å². The fourth-order valence-corrected chi connectivity index (χ4v) is 3.11. The van der Waals surface area contributed by atoms with Crippen LogP contribution in [-0.2, 0) is 0 Å². The van der Waals surface area contributed by atoms with Crippen LogP contribution in [0.15, 0.2) is 42.5 Å². The minimum Gasteiger partial charge on any atom is -0.0884 e. The van der Waals surface area contributed by atoms with Crippen molar-refractivity contribution in [3.8, 4) is 0 Å². The van der Waals surface area contributed by atoms with Crippen molar-refractivity contribution in [1.82, 2.24) is 0 Å². The highest BCUT2D eigenvalue weighted by atomic mass is 79.9. The average molecular weight is 291 g/mol. The molecule has 0 aliphatic rings. The van der Waals surface area contributed by atoms with Gasteiger partial charge in [-0.15, -0.1) is 0 Å². The number of hydrogen-bond donors (Lipinski definition) is 0. The van der Waals surface area contributed by atoms with Gasteiger partial charge in [-0.3, -0.25) is 0 Å². The minimum absolute atomic E-state index is 0.557. The van der Waals surface area contributed by atoms with Crippen molar-refractivity contribution in [2.75, 3.05) is 0 Å². The molecule has 0 nitrogen and oxygen atoms in total. The first kappa shape index (κ1) is 12.6. The van der Waals surface area contributed by atoms with Gasteiger partial charge in [0.2, 0.25) is 0 Å². The van der Waals surface area contributed by atoms with Gasteiger partial charge in [0.25, 0.3) is 0 Å². The predicted molar refractivity (Wildman–Crippen MR) is 80.0 cm³/mol. The number of halogens is 1. The van der Waals surface area contributed by atoms with Crippen LogP contribution in [-0.4, -0.2) is 4.83 Å². The van der Waals surface area contributed by atoms with Gasteiger partial charge in [0.05, 0.1) is 0 Å². The highest BCUT2D eigenvalue weighted by Crippen LogP contribution is 2.32. The van der Waals surface area contributed by atoms with E-state index < -0.39 is 0 Å². The monoisotopic (exact) mass is 290 g/mol. The molecule has 0 spiro atoms. The molecule has 90 valence electrons. The lowest BCUT2D eigenvalue weighted by molar-refractivity contribution is 0.654. The Morgan fingerprint density at radius 3 is 2.53 bits per heavy atom. The molecule has 17 heavy (non-hydrogen) atoms. The number of fused-ring (bicyclic) bond motifs is 1. The van der Waals surface area contributed by atoms with Crippen molar-refractivity contribution < 1.29 is 0 Å². The fourth-order valence-electron chi connectivity index (χ4n) is 2.37. The SMILES string of the molecule is CCCC(Br)C(C)c1cccc2ccccc12. The summed E-state index contributed by atoms with van der Waals surface area (Å²) in [5.41, 5.74) is 1.46. The van der Waals surface area contributed by atoms with Crippen LogP contribution in [0.4, 0.5) is 0 Å². The van der Waals surface area contributed by atoms with Gasteiger partial charge in [0.1, 0.15) is 0 Å². The van der Waals surface area contributed by atoms with Crippen molar-refractivity contribution >= 4 is 26.7 Å². The van der Waals surface area contributed by atoms with Crippen LogP contribution in [0.25, 0.3) is 10.8 Å². The Balaban J connectivity index is 2.41. The number of alkyl halides is 1. The molecule has 0 aliphatic heterocycles. The second-order valence-corrected chi connectivity index (χ2v) is 5.84. The largest absolute Gasteiger partial charge is 0.0884 e. The second-order valence-electron chi connectivity index (χ2n) is 4.66. The summed E-state index contributed by atoms with van der Waals surface area (Å²) in [4.78, 5) is 0.568. The van der Waals surface area contributed by atoms with Gasteiger partial charge in [0.15, 0.2) is 0 Å². The van der Waals surface area contributed by atoms with Crippen LogP contribution in [0.3, 0.4) is 0 Å². The standard InChI is InChI=1S/C16H19Br/c1-3-7-16(17)12(2)14-11-6-9-13-8-4-5-10-15(13)14/h4-6,8-12,16H,3,7H2,1-2H3. The Labute approximate surface area is 112 Å². The van der Waals surface area contributed by atoms with Crippen LogP contribution in [0, 0.1) is 0 Å². The molecule has 2 rings (SSSR count). The second kappa shape index (κ2) is 5.68. The lowest BCUT2D eigenvalue weighted by Gasteiger charge is -2.20. The zero-order valence-corrected chi connectivity index (χ0v) is 12.1. The van der Waals surface area contributed by atoms with E-state index in [4.69, 9.17) is 0 Å². The predicted octanol–water partition coefficient (Wildman–Crippen LogP) is 5.51. The molecule has 0 bridgehead atoms. The first-order valence-electron chi connectivity index (χ1n) is 6.35. The summed E-state index contributed by atoms with van der Waals surface area (Å²) in [5.74, 6) is 0.557. The Kier molecular flexibility index (Phi) is 4.22. The van der Waals surface area contributed by atoms with Crippen molar-refractivity contribution in [2.24, 2.45) is 0 Å². The van der Waals surface area contributed by atoms with Gasteiger partial charge >= 0.3 is 0 Å². The quantitative estimate of drug-likeness (QED) is 0.652. The zero-order chi connectivity index (χ0) is 12.3. The number of hydrogen-bond acceptors (Lipinski definition) is 0. The van der Waals surface area contributed by atoms with Gasteiger partial charge in [-0.25, -0.2) is 0 Å². The summed E-state index contributed by atoms with van der Waals surface area (Å²) in [6.45, 7) is 4.56. The molecular formula is C16H19Br. The maximum absolute atomic E-state index is 3.83. The highest BCUT2D eigenvalue weighted by Gasteiger charge is 2.16. The van der Waals surface area contributed by atoms with E-state index in [2.05, 4.69) is 72.2 Å². The smallest absolute Gasteiger partial charge is 0.0211 e. The molecule has 0 radical (unpaired) electrons. The number of benzene rings is 2. The molecule has 0 heterocycles. The summed E-state index contributed by atoms with van der Waals surface area (Å²) in [6.07, 6.45) is 2.45. The van der Waals surface area contributed by atoms with Crippen LogP contribution in [0.2, 0.25) is 0 Å². The van der Waals surface area contributed by atoms with Crippen molar-refractivity contribution in [1.29, 1.82) is 0 Å². The Hall–Kier alpha value is -0.820. The molecule has 0 fully saturated rings. The Morgan fingerprint density at radius 1 is 1.06 bits per heavy atom. The van der Waals surface area contributed by atoms with Crippen LogP contribution < -0.4 is 0 Å². The maximum atomic E-state index is 3.83. The molecule has 0 saturated heterocycles.